The van der Waals surface area contributed by atoms with Crippen LogP contribution in [0.2, 0.25) is 0 Å². The van der Waals surface area contributed by atoms with Crippen LogP contribution < -0.4 is 5.32 Å². The van der Waals surface area contributed by atoms with E-state index >= 15 is 0 Å². The van der Waals surface area contributed by atoms with E-state index in [9.17, 15) is 0 Å². The van der Waals surface area contributed by atoms with E-state index < -0.39 is 0 Å². The molecule has 1 aromatic rings. The average Bonchev–Trinajstić information content (AvgIpc) is 2.29. The van der Waals surface area contributed by atoms with Crippen LogP contribution in [0.4, 0.5) is 0 Å². The van der Waals surface area contributed by atoms with E-state index in [1.54, 1.807) is 0 Å². The van der Waals surface area contributed by atoms with Gasteiger partial charge in [0.15, 0.2) is 0 Å². The van der Waals surface area contributed by atoms with Crippen molar-refractivity contribution >= 4 is 0 Å². The summed E-state index contributed by atoms with van der Waals surface area (Å²) in [6.45, 7) is 12.5. The average molecular weight is 248 g/mol. The van der Waals surface area contributed by atoms with Crippen LogP contribution in [-0.4, -0.2) is 17.6 Å². The summed E-state index contributed by atoms with van der Waals surface area (Å²) >= 11 is 0. The Morgan fingerprint density at radius 3 is 2.56 bits per heavy atom. The maximum atomic E-state index is 4.20. The lowest BCUT2D eigenvalue weighted by Crippen LogP contribution is -2.35. The van der Waals surface area contributed by atoms with Crippen LogP contribution in [0.25, 0.3) is 0 Å². The second-order valence-electron chi connectivity index (χ2n) is 6.32. The van der Waals surface area contributed by atoms with E-state index in [2.05, 4.69) is 51.0 Å². The lowest BCUT2D eigenvalue weighted by atomic mass is 9.78. The molecule has 0 aromatic carbocycles. The number of pyridine rings is 1. The smallest absolute Gasteiger partial charge is 0.0300 e. The van der Waals surface area contributed by atoms with Gasteiger partial charge in [0.25, 0.3) is 0 Å². The van der Waals surface area contributed by atoms with Crippen LogP contribution in [0.5, 0.6) is 0 Å². The van der Waals surface area contributed by atoms with Crippen LogP contribution in [0.3, 0.4) is 0 Å². The number of nitrogens with zero attached hydrogens (tertiary/aromatic N) is 1. The first-order valence-electron chi connectivity index (χ1n) is 7.05. The minimum atomic E-state index is 0.378. The normalized spacial score (nSPS) is 15.4. The van der Waals surface area contributed by atoms with Crippen molar-refractivity contribution in [2.75, 3.05) is 6.54 Å². The molecule has 2 unspecified atom stereocenters. The molecule has 0 saturated heterocycles. The van der Waals surface area contributed by atoms with E-state index in [1.165, 1.54) is 12.0 Å². The lowest BCUT2D eigenvalue weighted by Gasteiger charge is -2.31. The Kier molecular flexibility index (Phi) is 5.80. The number of rotatable bonds is 6. The Morgan fingerprint density at radius 1 is 1.33 bits per heavy atom. The van der Waals surface area contributed by atoms with E-state index in [0.717, 1.165) is 13.0 Å². The molecule has 1 N–H and O–H groups in total. The van der Waals surface area contributed by atoms with Gasteiger partial charge in [-0.25, -0.2) is 0 Å². The Morgan fingerprint density at radius 2 is 2.06 bits per heavy atom. The Labute approximate surface area is 112 Å². The minimum Gasteiger partial charge on any atom is -0.314 e. The maximum absolute atomic E-state index is 4.20. The zero-order chi connectivity index (χ0) is 13.6. The molecule has 1 rings (SSSR count). The lowest BCUT2D eigenvalue weighted by molar-refractivity contribution is 0.222. The van der Waals surface area contributed by atoms with Gasteiger partial charge in [-0.1, -0.05) is 40.7 Å². The monoisotopic (exact) mass is 248 g/mol. The number of likely N-dealkylation sites (N-methyl/N-ethyl adjacent to an activating group) is 1. The minimum absolute atomic E-state index is 0.378. The summed E-state index contributed by atoms with van der Waals surface area (Å²) in [5, 5.41) is 3.61. The molecule has 0 aliphatic heterocycles. The standard InChI is InChI=1S/C16H28N2/c1-6-18-15(10-13(2)16(3,4)5)11-14-8-7-9-17-12-14/h7-9,12-13,15,18H,6,10-11H2,1-5H3. The second-order valence-corrected chi connectivity index (χ2v) is 6.32. The van der Waals surface area contributed by atoms with Gasteiger partial charge in [-0.15, -0.1) is 0 Å². The summed E-state index contributed by atoms with van der Waals surface area (Å²) in [7, 11) is 0. The molecule has 0 amide bonds. The van der Waals surface area contributed by atoms with Crippen LogP contribution in [0, 0.1) is 11.3 Å². The van der Waals surface area contributed by atoms with Crippen molar-refractivity contribution < 1.29 is 0 Å². The first-order chi connectivity index (χ1) is 8.43. The number of aromatic nitrogens is 1. The summed E-state index contributed by atoms with van der Waals surface area (Å²) < 4.78 is 0. The van der Waals surface area contributed by atoms with Gasteiger partial charge < -0.3 is 5.32 Å². The number of nitrogens with one attached hydrogen (secondary N) is 1. The van der Waals surface area contributed by atoms with Crippen molar-refractivity contribution in [1.82, 2.24) is 10.3 Å². The summed E-state index contributed by atoms with van der Waals surface area (Å²) in [6.07, 6.45) is 6.10. The van der Waals surface area contributed by atoms with E-state index in [4.69, 9.17) is 0 Å². The van der Waals surface area contributed by atoms with Gasteiger partial charge >= 0.3 is 0 Å². The van der Waals surface area contributed by atoms with Crippen LogP contribution in [-0.2, 0) is 6.42 Å². The van der Waals surface area contributed by atoms with Crippen molar-refractivity contribution in [3.63, 3.8) is 0 Å². The molecule has 2 heteroatoms. The van der Waals surface area contributed by atoms with Crippen molar-refractivity contribution in [3.8, 4) is 0 Å². The molecule has 0 aliphatic carbocycles. The van der Waals surface area contributed by atoms with E-state index in [0.29, 0.717) is 17.4 Å². The largest absolute Gasteiger partial charge is 0.314 e. The fourth-order valence-electron chi connectivity index (χ4n) is 2.11. The Balaban J connectivity index is 2.60. The molecular formula is C16H28N2. The van der Waals surface area contributed by atoms with Crippen molar-refractivity contribution in [1.29, 1.82) is 0 Å². The Bertz CT molecular complexity index is 327. The van der Waals surface area contributed by atoms with Gasteiger partial charge in [-0.3, -0.25) is 4.98 Å². The molecule has 0 saturated carbocycles. The predicted molar refractivity (Wildman–Crippen MR) is 78.6 cm³/mol. The molecule has 0 fully saturated rings. The number of hydrogen-bond acceptors (Lipinski definition) is 2. The Hall–Kier alpha value is -0.890. The van der Waals surface area contributed by atoms with Crippen molar-refractivity contribution in [3.05, 3.63) is 30.1 Å². The molecular weight excluding hydrogens is 220 g/mol. The summed E-state index contributed by atoms with van der Waals surface area (Å²) in [5.41, 5.74) is 1.70. The van der Waals surface area contributed by atoms with Gasteiger partial charge in [-0.2, -0.15) is 0 Å². The van der Waals surface area contributed by atoms with Crippen molar-refractivity contribution in [2.45, 2.75) is 53.5 Å². The molecule has 1 heterocycles. The summed E-state index contributed by atoms with van der Waals surface area (Å²) in [6, 6.07) is 4.73. The fourth-order valence-corrected chi connectivity index (χ4v) is 2.11. The van der Waals surface area contributed by atoms with Crippen LogP contribution in [0.1, 0.15) is 46.6 Å². The summed E-state index contributed by atoms with van der Waals surface area (Å²) in [4.78, 5) is 4.20. The third-order valence-electron chi connectivity index (χ3n) is 3.81. The van der Waals surface area contributed by atoms with Crippen LogP contribution in [0.15, 0.2) is 24.5 Å². The highest BCUT2D eigenvalue weighted by atomic mass is 14.9. The van der Waals surface area contributed by atoms with Gasteiger partial charge in [-0.05, 0) is 42.3 Å². The van der Waals surface area contributed by atoms with Gasteiger partial charge in [0.2, 0.25) is 0 Å². The quantitative estimate of drug-likeness (QED) is 0.831. The molecule has 102 valence electrons. The van der Waals surface area contributed by atoms with E-state index in [1.807, 2.05) is 18.5 Å². The van der Waals surface area contributed by atoms with E-state index in [-0.39, 0.29) is 0 Å². The highest BCUT2D eigenvalue weighted by molar-refractivity contribution is 5.10. The molecule has 0 spiro atoms. The zero-order valence-corrected chi connectivity index (χ0v) is 12.5. The first kappa shape index (κ1) is 15.2. The third-order valence-corrected chi connectivity index (χ3v) is 3.81. The molecule has 0 radical (unpaired) electrons. The zero-order valence-electron chi connectivity index (χ0n) is 12.5. The topological polar surface area (TPSA) is 24.9 Å². The second kappa shape index (κ2) is 6.89. The van der Waals surface area contributed by atoms with Crippen LogP contribution >= 0.6 is 0 Å². The van der Waals surface area contributed by atoms with Gasteiger partial charge in [0.1, 0.15) is 0 Å². The first-order valence-corrected chi connectivity index (χ1v) is 7.05. The van der Waals surface area contributed by atoms with Gasteiger partial charge in [0.05, 0.1) is 0 Å². The molecule has 2 atom stereocenters. The molecule has 0 bridgehead atoms. The SMILES string of the molecule is CCNC(Cc1cccnc1)CC(C)C(C)(C)C. The highest BCUT2D eigenvalue weighted by Gasteiger charge is 2.23. The van der Waals surface area contributed by atoms with Crippen molar-refractivity contribution in [2.24, 2.45) is 11.3 Å². The highest BCUT2D eigenvalue weighted by Crippen LogP contribution is 2.29. The predicted octanol–water partition coefficient (Wildman–Crippen LogP) is 3.67. The molecule has 0 aliphatic rings. The molecule has 18 heavy (non-hydrogen) atoms. The summed E-state index contributed by atoms with van der Waals surface area (Å²) in [5.74, 6) is 0.707. The maximum Gasteiger partial charge on any atom is 0.0300 e. The fraction of sp³-hybridized carbons (Fsp3) is 0.688. The third kappa shape index (κ3) is 5.18. The molecule has 2 nitrogen and oxygen atoms in total. The number of hydrogen-bond donors (Lipinski definition) is 1. The molecule has 1 aromatic heterocycles. The van der Waals surface area contributed by atoms with Gasteiger partial charge in [0, 0.05) is 18.4 Å².